The van der Waals surface area contributed by atoms with E-state index in [2.05, 4.69) is 39.6 Å². The zero-order valence-corrected chi connectivity index (χ0v) is 14.8. The van der Waals surface area contributed by atoms with E-state index in [1.165, 1.54) is 24.9 Å². The van der Waals surface area contributed by atoms with Gasteiger partial charge in [0.05, 0.1) is 0 Å². The number of piperidine rings is 1. The molecule has 2 heterocycles. The highest BCUT2D eigenvalue weighted by Crippen LogP contribution is 2.22. The Balaban J connectivity index is 1.62. The summed E-state index contributed by atoms with van der Waals surface area (Å²) in [5.41, 5.74) is 3.35. The molecule has 0 bridgehead atoms. The number of rotatable bonds is 6. The second-order valence-corrected chi connectivity index (χ2v) is 6.41. The standard InChI is InChI=1S/C20H26N4O/c1-2-11-21-17-10-12-22-19(15-17)20(25)23-16-6-8-18(9-7-16)24-13-4-3-5-14-24/h6-10,12,15H,2-5,11,13-14H2,1H3,(H,21,22)(H,23,25). The number of carbonyl (C=O) groups excluding carboxylic acids is 1. The number of aromatic nitrogens is 1. The molecule has 1 aliphatic rings. The number of pyridine rings is 1. The first kappa shape index (κ1) is 17.3. The lowest BCUT2D eigenvalue weighted by Crippen LogP contribution is -2.29. The first-order valence-electron chi connectivity index (χ1n) is 9.12. The summed E-state index contributed by atoms with van der Waals surface area (Å²) in [5, 5.41) is 6.20. The maximum atomic E-state index is 12.4. The molecule has 1 saturated heterocycles. The van der Waals surface area contributed by atoms with Crippen molar-refractivity contribution in [3.63, 3.8) is 0 Å². The van der Waals surface area contributed by atoms with Gasteiger partial charge in [-0.2, -0.15) is 0 Å². The van der Waals surface area contributed by atoms with E-state index >= 15 is 0 Å². The van der Waals surface area contributed by atoms with Gasteiger partial charge in [-0.25, -0.2) is 0 Å². The average Bonchev–Trinajstić information content (AvgIpc) is 2.68. The molecule has 5 heteroatoms. The minimum atomic E-state index is -0.189. The molecular formula is C20H26N4O. The molecule has 2 N–H and O–H groups in total. The monoisotopic (exact) mass is 338 g/mol. The van der Waals surface area contributed by atoms with Gasteiger partial charge in [-0.1, -0.05) is 6.92 Å². The second kappa shape index (κ2) is 8.51. The second-order valence-electron chi connectivity index (χ2n) is 6.41. The van der Waals surface area contributed by atoms with Gasteiger partial charge in [-0.15, -0.1) is 0 Å². The van der Waals surface area contributed by atoms with Crippen molar-refractivity contribution in [3.8, 4) is 0 Å². The number of hydrogen-bond donors (Lipinski definition) is 2. The predicted octanol–water partition coefficient (Wildman–Crippen LogP) is 4.15. The van der Waals surface area contributed by atoms with Crippen LogP contribution in [0.4, 0.5) is 17.1 Å². The Hall–Kier alpha value is -2.56. The molecule has 1 fully saturated rings. The molecule has 5 nitrogen and oxygen atoms in total. The Morgan fingerprint density at radius 1 is 1.08 bits per heavy atom. The fraction of sp³-hybridized carbons (Fsp3) is 0.400. The molecule has 0 aliphatic carbocycles. The summed E-state index contributed by atoms with van der Waals surface area (Å²) < 4.78 is 0. The lowest BCUT2D eigenvalue weighted by Gasteiger charge is -2.28. The van der Waals surface area contributed by atoms with Crippen molar-refractivity contribution in [2.75, 3.05) is 35.2 Å². The number of hydrogen-bond acceptors (Lipinski definition) is 4. The van der Waals surface area contributed by atoms with Gasteiger partial charge in [-0.3, -0.25) is 9.78 Å². The maximum absolute atomic E-state index is 12.4. The minimum Gasteiger partial charge on any atom is -0.385 e. The molecule has 0 unspecified atom stereocenters. The lowest BCUT2D eigenvalue weighted by molar-refractivity contribution is 0.102. The zero-order valence-electron chi connectivity index (χ0n) is 14.8. The zero-order chi connectivity index (χ0) is 17.5. The van der Waals surface area contributed by atoms with Gasteiger partial charge in [0.15, 0.2) is 0 Å². The molecule has 1 aromatic heterocycles. The fourth-order valence-electron chi connectivity index (χ4n) is 3.04. The van der Waals surface area contributed by atoms with E-state index in [9.17, 15) is 4.79 Å². The van der Waals surface area contributed by atoms with Crippen molar-refractivity contribution in [2.24, 2.45) is 0 Å². The topological polar surface area (TPSA) is 57.3 Å². The van der Waals surface area contributed by atoms with Crippen LogP contribution in [0.15, 0.2) is 42.6 Å². The van der Waals surface area contributed by atoms with E-state index in [4.69, 9.17) is 0 Å². The Labute approximate surface area is 149 Å². The van der Waals surface area contributed by atoms with Gasteiger partial charge in [0, 0.05) is 42.9 Å². The van der Waals surface area contributed by atoms with Gasteiger partial charge in [0.2, 0.25) is 0 Å². The van der Waals surface area contributed by atoms with Crippen molar-refractivity contribution < 1.29 is 4.79 Å². The molecular weight excluding hydrogens is 312 g/mol. The van der Waals surface area contributed by atoms with Crippen LogP contribution in [0.25, 0.3) is 0 Å². The number of amides is 1. The van der Waals surface area contributed by atoms with Gasteiger partial charge in [-0.05, 0) is 62.1 Å². The molecule has 0 spiro atoms. The average molecular weight is 338 g/mol. The highest BCUT2D eigenvalue weighted by Gasteiger charge is 2.12. The molecule has 25 heavy (non-hydrogen) atoms. The van der Waals surface area contributed by atoms with E-state index in [0.29, 0.717) is 5.69 Å². The smallest absolute Gasteiger partial charge is 0.274 e. The summed E-state index contributed by atoms with van der Waals surface area (Å²) >= 11 is 0. The Morgan fingerprint density at radius 2 is 1.84 bits per heavy atom. The summed E-state index contributed by atoms with van der Waals surface area (Å²) in [6.45, 7) is 5.22. The molecule has 132 valence electrons. The first-order valence-corrected chi connectivity index (χ1v) is 9.12. The molecule has 3 rings (SSSR count). The minimum absolute atomic E-state index is 0.189. The van der Waals surface area contributed by atoms with E-state index in [0.717, 1.165) is 37.4 Å². The number of benzene rings is 1. The van der Waals surface area contributed by atoms with Crippen LogP contribution in [0.1, 0.15) is 43.1 Å². The third kappa shape index (κ3) is 4.72. The quantitative estimate of drug-likeness (QED) is 0.831. The van der Waals surface area contributed by atoms with E-state index in [1.807, 2.05) is 18.2 Å². The highest BCUT2D eigenvalue weighted by molar-refractivity contribution is 6.03. The number of anilines is 3. The van der Waals surface area contributed by atoms with Crippen LogP contribution in [0.2, 0.25) is 0 Å². The summed E-state index contributed by atoms with van der Waals surface area (Å²) in [7, 11) is 0. The number of nitrogens with zero attached hydrogens (tertiary/aromatic N) is 2. The van der Waals surface area contributed by atoms with Gasteiger partial charge in [0.1, 0.15) is 5.69 Å². The summed E-state index contributed by atoms with van der Waals surface area (Å²) in [6, 6.07) is 11.7. The third-order valence-corrected chi connectivity index (χ3v) is 4.42. The summed E-state index contributed by atoms with van der Waals surface area (Å²) in [5.74, 6) is -0.189. The molecule has 1 amide bonds. The predicted molar refractivity (Wildman–Crippen MR) is 103 cm³/mol. The van der Waals surface area contributed by atoms with Crippen molar-refractivity contribution in [1.82, 2.24) is 4.98 Å². The summed E-state index contributed by atoms with van der Waals surface area (Å²) in [4.78, 5) is 19.0. The van der Waals surface area contributed by atoms with E-state index in [1.54, 1.807) is 12.3 Å². The fourth-order valence-corrected chi connectivity index (χ4v) is 3.04. The number of nitrogens with one attached hydrogen (secondary N) is 2. The van der Waals surface area contributed by atoms with Crippen LogP contribution in [-0.4, -0.2) is 30.5 Å². The van der Waals surface area contributed by atoms with Gasteiger partial charge >= 0.3 is 0 Å². The highest BCUT2D eigenvalue weighted by atomic mass is 16.1. The van der Waals surface area contributed by atoms with Crippen LogP contribution in [-0.2, 0) is 0 Å². The van der Waals surface area contributed by atoms with Crippen molar-refractivity contribution >= 4 is 23.0 Å². The molecule has 0 radical (unpaired) electrons. The van der Waals surface area contributed by atoms with E-state index < -0.39 is 0 Å². The number of carbonyl (C=O) groups is 1. The van der Waals surface area contributed by atoms with Gasteiger partial charge < -0.3 is 15.5 Å². The third-order valence-electron chi connectivity index (χ3n) is 4.42. The van der Waals surface area contributed by atoms with E-state index in [-0.39, 0.29) is 5.91 Å². The molecule has 0 atom stereocenters. The van der Waals surface area contributed by atoms with Crippen LogP contribution in [0, 0.1) is 0 Å². The van der Waals surface area contributed by atoms with Crippen molar-refractivity contribution in [3.05, 3.63) is 48.3 Å². The molecule has 0 saturated carbocycles. The largest absolute Gasteiger partial charge is 0.385 e. The first-order chi connectivity index (χ1) is 12.3. The van der Waals surface area contributed by atoms with Crippen molar-refractivity contribution in [1.29, 1.82) is 0 Å². The van der Waals surface area contributed by atoms with Crippen LogP contribution in [0.5, 0.6) is 0 Å². The lowest BCUT2D eigenvalue weighted by atomic mass is 10.1. The van der Waals surface area contributed by atoms with Crippen LogP contribution in [0.3, 0.4) is 0 Å². The maximum Gasteiger partial charge on any atom is 0.274 e. The molecule has 1 aromatic carbocycles. The van der Waals surface area contributed by atoms with Crippen LogP contribution >= 0.6 is 0 Å². The Morgan fingerprint density at radius 3 is 2.56 bits per heavy atom. The molecule has 2 aromatic rings. The SMILES string of the molecule is CCCNc1ccnc(C(=O)Nc2ccc(N3CCCCC3)cc2)c1. The van der Waals surface area contributed by atoms with Crippen molar-refractivity contribution in [2.45, 2.75) is 32.6 Å². The molecule has 1 aliphatic heterocycles. The van der Waals surface area contributed by atoms with Gasteiger partial charge in [0.25, 0.3) is 5.91 Å². The normalized spacial score (nSPS) is 14.2. The Kier molecular flexibility index (Phi) is 5.88. The summed E-state index contributed by atoms with van der Waals surface area (Å²) in [6.07, 6.45) is 6.53. The van der Waals surface area contributed by atoms with Crippen LogP contribution < -0.4 is 15.5 Å². The Bertz CT molecular complexity index is 693.